The molecule has 0 aliphatic carbocycles. The summed E-state index contributed by atoms with van der Waals surface area (Å²) in [5, 5.41) is 0. The monoisotopic (exact) mass is 159 g/mol. The van der Waals surface area contributed by atoms with Gasteiger partial charge in [0.1, 0.15) is 0 Å². The predicted molar refractivity (Wildman–Crippen MR) is 43.4 cm³/mol. The van der Waals surface area contributed by atoms with E-state index in [1.54, 1.807) is 0 Å². The predicted octanol–water partition coefficient (Wildman–Crippen LogP) is 0.387. The van der Waals surface area contributed by atoms with Gasteiger partial charge in [0, 0.05) is 12.5 Å². The fraction of sp³-hybridized carbons (Fsp3) is 1.00. The van der Waals surface area contributed by atoms with E-state index < -0.39 is 0 Å². The van der Waals surface area contributed by atoms with Gasteiger partial charge in [-0.15, -0.1) is 0 Å². The van der Waals surface area contributed by atoms with Crippen molar-refractivity contribution in [1.29, 1.82) is 0 Å². The Labute approximate surface area is 67.9 Å². The van der Waals surface area contributed by atoms with Gasteiger partial charge in [-0.3, -0.25) is 0 Å². The molecule has 1 saturated heterocycles. The minimum atomic E-state index is 0.295. The Balaban J connectivity index is 2.25. The lowest BCUT2D eigenvalue weighted by Gasteiger charge is -2.15. The first-order valence-electron chi connectivity index (χ1n) is 4.28. The molecule has 1 aliphatic rings. The first-order valence-corrected chi connectivity index (χ1v) is 4.28. The van der Waals surface area contributed by atoms with Crippen LogP contribution >= 0.6 is 0 Å². The fourth-order valence-electron chi connectivity index (χ4n) is 1.46. The largest absolute Gasteiger partial charge is 0.378 e. The molecule has 1 aliphatic heterocycles. The second-order valence-electron chi connectivity index (χ2n) is 2.87. The van der Waals surface area contributed by atoms with Crippen LogP contribution in [0.15, 0.2) is 0 Å². The third-order valence-corrected chi connectivity index (χ3v) is 2.06. The molecule has 11 heavy (non-hydrogen) atoms. The van der Waals surface area contributed by atoms with Gasteiger partial charge in [0.05, 0.1) is 19.3 Å². The van der Waals surface area contributed by atoms with E-state index in [4.69, 9.17) is 15.2 Å². The highest BCUT2D eigenvalue weighted by molar-refractivity contribution is 4.75. The summed E-state index contributed by atoms with van der Waals surface area (Å²) < 4.78 is 10.8. The van der Waals surface area contributed by atoms with Crippen molar-refractivity contribution in [3.63, 3.8) is 0 Å². The summed E-state index contributed by atoms with van der Waals surface area (Å²) in [7, 11) is 0. The number of rotatable bonds is 4. The highest BCUT2D eigenvalue weighted by Gasteiger charge is 2.27. The van der Waals surface area contributed by atoms with Crippen molar-refractivity contribution in [3.05, 3.63) is 0 Å². The van der Waals surface area contributed by atoms with Gasteiger partial charge in [0.2, 0.25) is 0 Å². The van der Waals surface area contributed by atoms with Crippen molar-refractivity contribution < 1.29 is 9.47 Å². The Morgan fingerprint density at radius 3 is 3.00 bits per heavy atom. The minimum Gasteiger partial charge on any atom is -0.378 e. The van der Waals surface area contributed by atoms with Gasteiger partial charge in [-0.1, -0.05) is 0 Å². The molecule has 0 saturated carbocycles. The normalized spacial score (nSPS) is 31.1. The van der Waals surface area contributed by atoms with Crippen molar-refractivity contribution >= 4 is 0 Å². The van der Waals surface area contributed by atoms with Crippen LogP contribution in [0.25, 0.3) is 0 Å². The van der Waals surface area contributed by atoms with Gasteiger partial charge >= 0.3 is 0 Å². The molecule has 66 valence electrons. The molecule has 0 spiro atoms. The van der Waals surface area contributed by atoms with Crippen LogP contribution in [0.4, 0.5) is 0 Å². The zero-order chi connectivity index (χ0) is 8.10. The second-order valence-corrected chi connectivity index (χ2v) is 2.87. The van der Waals surface area contributed by atoms with E-state index in [-0.39, 0.29) is 0 Å². The smallest absolute Gasteiger partial charge is 0.0858 e. The number of ether oxygens (including phenoxy) is 2. The Kier molecular flexibility index (Phi) is 3.83. The Bertz CT molecular complexity index is 96.3. The number of hydrogen-bond donors (Lipinski definition) is 1. The average Bonchev–Trinajstić information content (AvgIpc) is 2.39. The summed E-state index contributed by atoms with van der Waals surface area (Å²) in [6.07, 6.45) is 1.31. The molecule has 2 unspecified atom stereocenters. The maximum Gasteiger partial charge on any atom is 0.0858 e. The Morgan fingerprint density at radius 2 is 2.36 bits per heavy atom. The number of hydrogen-bond acceptors (Lipinski definition) is 3. The van der Waals surface area contributed by atoms with E-state index in [2.05, 4.69) is 0 Å². The maximum atomic E-state index is 5.49. The highest BCUT2D eigenvalue weighted by Crippen LogP contribution is 2.19. The van der Waals surface area contributed by atoms with Gasteiger partial charge < -0.3 is 15.2 Å². The lowest BCUT2D eigenvalue weighted by Crippen LogP contribution is -2.24. The van der Waals surface area contributed by atoms with E-state index in [0.29, 0.717) is 12.0 Å². The molecular formula is C8H17NO2. The summed E-state index contributed by atoms with van der Waals surface area (Å²) >= 11 is 0. The van der Waals surface area contributed by atoms with Crippen LogP contribution in [0.3, 0.4) is 0 Å². The maximum absolute atomic E-state index is 5.49. The standard InChI is InChI=1S/C8H17NO2/c1-2-11-8-6-10-5-7(8)3-4-9/h7-8H,2-6,9H2,1H3. The minimum absolute atomic E-state index is 0.295. The first-order chi connectivity index (χ1) is 5.38. The van der Waals surface area contributed by atoms with Gasteiger partial charge in [-0.05, 0) is 19.9 Å². The fourth-order valence-corrected chi connectivity index (χ4v) is 1.46. The summed E-state index contributed by atoms with van der Waals surface area (Å²) in [6, 6.07) is 0. The molecule has 0 aromatic heterocycles. The SMILES string of the molecule is CCOC1COCC1CCN. The molecule has 0 radical (unpaired) electrons. The van der Waals surface area contributed by atoms with Crippen LogP contribution in [0.2, 0.25) is 0 Å². The Hall–Kier alpha value is -0.120. The molecule has 1 rings (SSSR count). The van der Waals surface area contributed by atoms with Crippen LogP contribution in [0.1, 0.15) is 13.3 Å². The van der Waals surface area contributed by atoms with Crippen LogP contribution in [-0.2, 0) is 9.47 Å². The molecule has 3 nitrogen and oxygen atoms in total. The van der Waals surface area contributed by atoms with Crippen molar-refractivity contribution in [2.24, 2.45) is 11.7 Å². The first kappa shape index (κ1) is 8.97. The third kappa shape index (κ3) is 2.43. The van der Waals surface area contributed by atoms with Crippen molar-refractivity contribution in [2.45, 2.75) is 19.4 Å². The van der Waals surface area contributed by atoms with Gasteiger partial charge in [-0.2, -0.15) is 0 Å². The Morgan fingerprint density at radius 1 is 1.55 bits per heavy atom. The van der Waals surface area contributed by atoms with E-state index in [0.717, 1.165) is 32.8 Å². The van der Waals surface area contributed by atoms with Crippen LogP contribution in [0, 0.1) is 5.92 Å². The van der Waals surface area contributed by atoms with E-state index >= 15 is 0 Å². The van der Waals surface area contributed by atoms with Crippen LogP contribution in [0.5, 0.6) is 0 Å². The molecule has 1 heterocycles. The summed E-state index contributed by atoms with van der Waals surface area (Å²) in [5.74, 6) is 0.528. The van der Waals surface area contributed by atoms with Crippen LogP contribution < -0.4 is 5.73 Å². The van der Waals surface area contributed by atoms with Gasteiger partial charge in [0.25, 0.3) is 0 Å². The average molecular weight is 159 g/mol. The molecule has 2 atom stereocenters. The van der Waals surface area contributed by atoms with Crippen LogP contribution in [-0.4, -0.2) is 32.5 Å². The van der Waals surface area contributed by atoms with Crippen molar-refractivity contribution in [2.75, 3.05) is 26.4 Å². The molecule has 3 heteroatoms. The quantitative estimate of drug-likeness (QED) is 0.645. The van der Waals surface area contributed by atoms with Crippen molar-refractivity contribution in [1.82, 2.24) is 0 Å². The highest BCUT2D eigenvalue weighted by atomic mass is 16.5. The van der Waals surface area contributed by atoms with Gasteiger partial charge in [0.15, 0.2) is 0 Å². The van der Waals surface area contributed by atoms with E-state index in [1.807, 2.05) is 6.92 Å². The second kappa shape index (κ2) is 4.70. The topological polar surface area (TPSA) is 44.5 Å². The molecule has 0 amide bonds. The lowest BCUT2D eigenvalue weighted by atomic mass is 10.0. The molecule has 1 fully saturated rings. The molecule has 0 bridgehead atoms. The summed E-state index contributed by atoms with van der Waals surface area (Å²) in [6.45, 7) is 5.09. The summed E-state index contributed by atoms with van der Waals surface area (Å²) in [5.41, 5.74) is 5.46. The zero-order valence-electron chi connectivity index (χ0n) is 7.08. The number of nitrogens with two attached hydrogens (primary N) is 1. The van der Waals surface area contributed by atoms with Gasteiger partial charge in [-0.25, -0.2) is 0 Å². The molecule has 0 aromatic rings. The molecule has 0 aromatic carbocycles. The zero-order valence-corrected chi connectivity index (χ0v) is 7.08. The molecule has 2 N–H and O–H groups in total. The molecular weight excluding hydrogens is 142 g/mol. The van der Waals surface area contributed by atoms with E-state index in [9.17, 15) is 0 Å². The van der Waals surface area contributed by atoms with E-state index in [1.165, 1.54) is 0 Å². The van der Waals surface area contributed by atoms with Crippen molar-refractivity contribution in [3.8, 4) is 0 Å². The summed E-state index contributed by atoms with van der Waals surface area (Å²) in [4.78, 5) is 0. The lowest BCUT2D eigenvalue weighted by molar-refractivity contribution is 0.0330. The third-order valence-electron chi connectivity index (χ3n) is 2.06.